The van der Waals surface area contributed by atoms with Crippen LogP contribution < -0.4 is 5.32 Å². The zero-order chi connectivity index (χ0) is 11.0. The van der Waals surface area contributed by atoms with E-state index in [0.717, 1.165) is 25.2 Å². The van der Waals surface area contributed by atoms with E-state index in [1.807, 2.05) is 12.3 Å². The van der Waals surface area contributed by atoms with Crippen molar-refractivity contribution in [3.8, 4) is 0 Å². The van der Waals surface area contributed by atoms with E-state index in [2.05, 4.69) is 40.3 Å². The summed E-state index contributed by atoms with van der Waals surface area (Å²) in [7, 11) is 2.06. The molecule has 0 fully saturated rings. The second kappa shape index (κ2) is 6.23. The molecule has 3 nitrogen and oxygen atoms in total. The van der Waals surface area contributed by atoms with Crippen LogP contribution in [-0.4, -0.2) is 22.6 Å². The smallest absolute Gasteiger partial charge is 0.140 e. The number of hydrogen-bond acceptors (Lipinski definition) is 2. The van der Waals surface area contributed by atoms with E-state index in [1.54, 1.807) is 0 Å². The maximum absolute atomic E-state index is 4.42. The maximum Gasteiger partial charge on any atom is 0.140 e. The molecule has 0 aliphatic carbocycles. The molecular formula is C13H17Cl2N3. The topological polar surface area (TPSA) is 29.9 Å². The van der Waals surface area contributed by atoms with Gasteiger partial charge >= 0.3 is 0 Å². The zero-order valence-corrected chi connectivity index (χ0v) is 11.9. The van der Waals surface area contributed by atoms with Gasteiger partial charge in [0.25, 0.3) is 0 Å². The lowest BCUT2D eigenvalue weighted by atomic mass is 10.0. The molecule has 0 bridgehead atoms. The minimum Gasteiger partial charge on any atom is -0.335 e. The Hall–Kier alpha value is -1.03. The number of pyridine rings is 1. The van der Waals surface area contributed by atoms with Crippen molar-refractivity contribution >= 4 is 41.4 Å². The second-order valence-electron chi connectivity index (χ2n) is 4.21. The Morgan fingerprint density at radius 1 is 1.33 bits per heavy atom. The van der Waals surface area contributed by atoms with Gasteiger partial charge in [-0.2, -0.15) is 0 Å². The molecule has 0 radical (unpaired) electrons. The van der Waals surface area contributed by atoms with Crippen LogP contribution in [0.5, 0.6) is 0 Å². The first-order chi connectivity index (χ1) is 7.86. The monoisotopic (exact) mass is 285 g/mol. The van der Waals surface area contributed by atoms with Crippen molar-refractivity contribution in [1.29, 1.82) is 0 Å². The van der Waals surface area contributed by atoms with Gasteiger partial charge in [0.15, 0.2) is 0 Å². The highest BCUT2D eigenvalue weighted by Crippen LogP contribution is 2.27. The molecule has 5 heteroatoms. The SMILES string of the molecule is Cl.Cl.Cn1cc(C2=CCNCC2)c2cccnc21. The summed E-state index contributed by atoms with van der Waals surface area (Å²) < 4.78 is 2.10. The summed E-state index contributed by atoms with van der Waals surface area (Å²) in [6.07, 6.45) is 7.43. The van der Waals surface area contributed by atoms with E-state index in [9.17, 15) is 0 Å². The zero-order valence-electron chi connectivity index (χ0n) is 10.2. The highest BCUT2D eigenvalue weighted by atomic mass is 35.5. The molecule has 1 N–H and O–H groups in total. The van der Waals surface area contributed by atoms with Crippen LogP contribution in [0, 0.1) is 0 Å². The summed E-state index contributed by atoms with van der Waals surface area (Å²) in [5.41, 5.74) is 3.85. The second-order valence-corrected chi connectivity index (χ2v) is 4.21. The third kappa shape index (κ3) is 2.53. The standard InChI is InChI=1S/C13H15N3.2ClH/c1-16-9-12(10-4-7-14-8-5-10)11-3-2-6-15-13(11)16;;/h2-4,6,9,14H,5,7-8H2,1H3;2*1H. The van der Waals surface area contributed by atoms with Crippen LogP contribution in [0.25, 0.3) is 16.6 Å². The Labute approximate surface area is 119 Å². The van der Waals surface area contributed by atoms with Crippen molar-refractivity contribution in [2.24, 2.45) is 7.05 Å². The molecule has 0 saturated heterocycles. The first kappa shape index (κ1) is 15.0. The quantitative estimate of drug-likeness (QED) is 0.873. The van der Waals surface area contributed by atoms with Crippen molar-refractivity contribution in [3.05, 3.63) is 36.2 Å². The molecular weight excluding hydrogens is 269 g/mol. The predicted molar refractivity (Wildman–Crippen MR) is 80.7 cm³/mol. The van der Waals surface area contributed by atoms with Crippen molar-refractivity contribution in [2.45, 2.75) is 6.42 Å². The third-order valence-electron chi connectivity index (χ3n) is 3.14. The van der Waals surface area contributed by atoms with Gasteiger partial charge in [-0.25, -0.2) is 4.98 Å². The normalized spacial score (nSPS) is 14.6. The van der Waals surface area contributed by atoms with Gasteiger partial charge in [-0.05, 0) is 30.7 Å². The van der Waals surface area contributed by atoms with Gasteiger partial charge in [0, 0.05) is 36.9 Å². The Balaban J connectivity index is 0.000000810. The van der Waals surface area contributed by atoms with Gasteiger partial charge in [-0.1, -0.05) is 6.08 Å². The molecule has 0 amide bonds. The number of nitrogens with one attached hydrogen (secondary N) is 1. The summed E-state index contributed by atoms with van der Waals surface area (Å²) in [5, 5.41) is 4.60. The Morgan fingerprint density at radius 3 is 2.89 bits per heavy atom. The molecule has 18 heavy (non-hydrogen) atoms. The van der Waals surface area contributed by atoms with Crippen LogP contribution >= 0.6 is 24.8 Å². The van der Waals surface area contributed by atoms with Crippen LogP contribution in [0.4, 0.5) is 0 Å². The fraction of sp³-hybridized carbons (Fsp3) is 0.308. The molecule has 0 saturated carbocycles. The number of fused-ring (bicyclic) bond motifs is 1. The highest BCUT2D eigenvalue weighted by Gasteiger charge is 2.12. The van der Waals surface area contributed by atoms with Gasteiger partial charge in [-0.3, -0.25) is 0 Å². The number of rotatable bonds is 1. The lowest BCUT2D eigenvalue weighted by Crippen LogP contribution is -2.19. The molecule has 2 aromatic rings. The fourth-order valence-electron chi connectivity index (χ4n) is 2.34. The molecule has 3 rings (SSSR count). The van der Waals surface area contributed by atoms with Crippen LogP contribution in [0.1, 0.15) is 12.0 Å². The summed E-state index contributed by atoms with van der Waals surface area (Å²) in [5.74, 6) is 0. The Kier molecular flexibility index (Phi) is 5.20. The largest absolute Gasteiger partial charge is 0.335 e. The Morgan fingerprint density at radius 2 is 2.17 bits per heavy atom. The van der Waals surface area contributed by atoms with Crippen LogP contribution in [-0.2, 0) is 7.05 Å². The lowest BCUT2D eigenvalue weighted by molar-refractivity contribution is 0.738. The molecule has 1 aliphatic rings. The van der Waals surface area contributed by atoms with Crippen molar-refractivity contribution in [1.82, 2.24) is 14.9 Å². The van der Waals surface area contributed by atoms with Crippen molar-refractivity contribution in [3.63, 3.8) is 0 Å². The predicted octanol–water partition coefficient (Wildman–Crippen LogP) is 2.79. The van der Waals surface area contributed by atoms with E-state index < -0.39 is 0 Å². The fourth-order valence-corrected chi connectivity index (χ4v) is 2.34. The van der Waals surface area contributed by atoms with Crippen LogP contribution in [0.2, 0.25) is 0 Å². The van der Waals surface area contributed by atoms with E-state index in [4.69, 9.17) is 0 Å². The summed E-state index contributed by atoms with van der Waals surface area (Å²) in [6, 6.07) is 4.16. The molecule has 0 atom stereocenters. The minimum atomic E-state index is 0. The molecule has 3 heterocycles. The highest BCUT2D eigenvalue weighted by molar-refractivity contribution is 5.91. The summed E-state index contributed by atoms with van der Waals surface area (Å²) in [6.45, 7) is 2.05. The van der Waals surface area contributed by atoms with E-state index >= 15 is 0 Å². The van der Waals surface area contributed by atoms with Gasteiger partial charge in [0.05, 0.1) is 0 Å². The number of aromatic nitrogens is 2. The van der Waals surface area contributed by atoms with Gasteiger partial charge in [0.1, 0.15) is 5.65 Å². The summed E-state index contributed by atoms with van der Waals surface area (Å²) in [4.78, 5) is 4.42. The average Bonchev–Trinajstić information content (AvgIpc) is 2.69. The van der Waals surface area contributed by atoms with Crippen LogP contribution in [0.15, 0.2) is 30.6 Å². The number of halogens is 2. The van der Waals surface area contributed by atoms with E-state index in [-0.39, 0.29) is 24.8 Å². The van der Waals surface area contributed by atoms with Gasteiger partial charge < -0.3 is 9.88 Å². The molecule has 98 valence electrons. The first-order valence-corrected chi connectivity index (χ1v) is 5.66. The molecule has 0 spiro atoms. The molecule has 0 unspecified atom stereocenters. The number of hydrogen-bond donors (Lipinski definition) is 1. The Bertz CT molecular complexity index is 560. The van der Waals surface area contributed by atoms with Crippen molar-refractivity contribution in [2.75, 3.05) is 13.1 Å². The number of nitrogens with zero attached hydrogens (tertiary/aromatic N) is 2. The van der Waals surface area contributed by atoms with Gasteiger partial charge in [-0.15, -0.1) is 24.8 Å². The molecule has 1 aliphatic heterocycles. The molecule has 0 aromatic carbocycles. The van der Waals surface area contributed by atoms with Gasteiger partial charge in [0.2, 0.25) is 0 Å². The number of aryl methyl sites for hydroxylation is 1. The molecule has 2 aromatic heterocycles. The first-order valence-electron chi connectivity index (χ1n) is 5.66. The minimum absolute atomic E-state index is 0. The van der Waals surface area contributed by atoms with Crippen LogP contribution in [0.3, 0.4) is 0 Å². The van der Waals surface area contributed by atoms with E-state index in [0.29, 0.717) is 0 Å². The van der Waals surface area contributed by atoms with Crippen molar-refractivity contribution < 1.29 is 0 Å². The lowest BCUT2D eigenvalue weighted by Gasteiger charge is -2.13. The van der Waals surface area contributed by atoms with E-state index in [1.165, 1.54) is 16.5 Å². The third-order valence-corrected chi connectivity index (χ3v) is 3.14. The average molecular weight is 286 g/mol. The summed E-state index contributed by atoms with van der Waals surface area (Å²) >= 11 is 0. The maximum atomic E-state index is 4.42.